The molecule has 0 saturated carbocycles. The number of allylic oxidation sites excluding steroid dienone is 2. The summed E-state index contributed by atoms with van der Waals surface area (Å²) in [6.45, 7) is -0.0787. The maximum Gasteiger partial charge on any atom is 0.392 e. The fourth-order valence-electron chi connectivity index (χ4n) is 3.70. The normalized spacial score (nSPS) is 17.9. The fraction of sp³-hybridized carbons (Fsp3) is 0.318. The van der Waals surface area contributed by atoms with Crippen LogP contribution < -0.4 is 5.32 Å². The molecule has 162 valence electrons. The molecule has 0 bridgehead atoms. The van der Waals surface area contributed by atoms with Crippen LogP contribution in [0.3, 0.4) is 0 Å². The average Bonchev–Trinajstić information content (AvgIpc) is 3.31. The summed E-state index contributed by atoms with van der Waals surface area (Å²) in [5.41, 5.74) is 2.56. The van der Waals surface area contributed by atoms with Crippen molar-refractivity contribution in [3.63, 3.8) is 0 Å². The van der Waals surface area contributed by atoms with Crippen molar-refractivity contribution >= 4 is 22.4 Å². The van der Waals surface area contributed by atoms with Gasteiger partial charge in [0.25, 0.3) is 5.91 Å². The van der Waals surface area contributed by atoms with Crippen molar-refractivity contribution in [3.8, 4) is 0 Å². The van der Waals surface area contributed by atoms with Gasteiger partial charge in [0.1, 0.15) is 12.4 Å². The summed E-state index contributed by atoms with van der Waals surface area (Å²) < 4.78 is 43.8. The Bertz CT molecular complexity index is 1110. The van der Waals surface area contributed by atoms with Crippen LogP contribution in [0.15, 0.2) is 53.4 Å². The minimum absolute atomic E-state index is 0.0391. The van der Waals surface area contributed by atoms with E-state index in [-0.39, 0.29) is 25.3 Å². The van der Waals surface area contributed by atoms with Crippen molar-refractivity contribution in [2.24, 2.45) is 5.92 Å². The lowest BCUT2D eigenvalue weighted by Crippen LogP contribution is -2.28. The van der Waals surface area contributed by atoms with Gasteiger partial charge in [-0.05, 0) is 30.9 Å². The van der Waals surface area contributed by atoms with Crippen LogP contribution in [0.5, 0.6) is 0 Å². The number of aromatic nitrogens is 2. The first-order valence-electron chi connectivity index (χ1n) is 9.83. The molecule has 1 aliphatic rings. The standard InChI is InChI=1S/C22H20F3N3O3/c23-22(24,25)16-6-4-13(5-7-16)17-3-1-2-14-10-15(11-27-19(14)17)20(30)28-12-18(29)21-26-8-9-31-21/h1-4,8-11,16,18,29H,5-7,12H2,(H,28,30)/t16-,18+/m1/s1. The highest BCUT2D eigenvalue weighted by Crippen LogP contribution is 2.40. The number of hydrogen-bond acceptors (Lipinski definition) is 5. The minimum atomic E-state index is -4.18. The zero-order chi connectivity index (χ0) is 22.0. The first kappa shape index (κ1) is 21.0. The van der Waals surface area contributed by atoms with Gasteiger partial charge in [-0.2, -0.15) is 13.2 Å². The Morgan fingerprint density at radius 1 is 1.32 bits per heavy atom. The molecule has 1 aliphatic carbocycles. The van der Waals surface area contributed by atoms with E-state index in [4.69, 9.17) is 4.42 Å². The zero-order valence-corrected chi connectivity index (χ0v) is 16.4. The lowest BCUT2D eigenvalue weighted by atomic mass is 9.85. The van der Waals surface area contributed by atoms with E-state index in [2.05, 4.69) is 15.3 Å². The van der Waals surface area contributed by atoms with Gasteiger partial charge in [-0.25, -0.2) is 4.98 Å². The molecule has 0 saturated heterocycles. The van der Waals surface area contributed by atoms with E-state index in [0.717, 1.165) is 11.1 Å². The maximum atomic E-state index is 12.9. The number of benzene rings is 1. The number of carbonyl (C=O) groups excluding carboxylic acids is 1. The van der Waals surface area contributed by atoms with Gasteiger partial charge in [-0.15, -0.1) is 0 Å². The quantitative estimate of drug-likeness (QED) is 0.624. The van der Waals surface area contributed by atoms with Crippen LogP contribution in [0.25, 0.3) is 16.5 Å². The molecule has 0 fully saturated rings. The lowest BCUT2D eigenvalue weighted by Gasteiger charge is -2.24. The van der Waals surface area contributed by atoms with Crippen molar-refractivity contribution in [1.82, 2.24) is 15.3 Å². The Morgan fingerprint density at radius 3 is 2.84 bits per heavy atom. The summed E-state index contributed by atoms with van der Waals surface area (Å²) in [5, 5.41) is 13.3. The number of hydrogen-bond donors (Lipinski definition) is 2. The second-order valence-corrected chi connectivity index (χ2v) is 7.44. The molecule has 0 radical (unpaired) electrons. The van der Waals surface area contributed by atoms with Crippen LogP contribution in [-0.4, -0.2) is 33.7 Å². The molecule has 3 aromatic rings. The second-order valence-electron chi connectivity index (χ2n) is 7.44. The number of amides is 1. The minimum Gasteiger partial charge on any atom is -0.446 e. The van der Waals surface area contributed by atoms with Gasteiger partial charge >= 0.3 is 6.18 Å². The first-order chi connectivity index (χ1) is 14.8. The summed E-state index contributed by atoms with van der Waals surface area (Å²) in [7, 11) is 0. The Morgan fingerprint density at radius 2 is 2.16 bits per heavy atom. The predicted octanol–water partition coefficient (Wildman–Crippen LogP) is 4.43. The molecule has 1 aromatic carbocycles. The largest absolute Gasteiger partial charge is 0.446 e. The molecule has 2 atom stereocenters. The third-order valence-electron chi connectivity index (χ3n) is 5.39. The van der Waals surface area contributed by atoms with Gasteiger partial charge in [-0.3, -0.25) is 9.78 Å². The van der Waals surface area contributed by atoms with E-state index in [1.165, 1.54) is 18.7 Å². The summed E-state index contributed by atoms with van der Waals surface area (Å²) in [6, 6.07) is 7.10. The Kier molecular flexibility index (Phi) is 5.77. The van der Waals surface area contributed by atoms with Crippen molar-refractivity contribution < 1.29 is 27.5 Å². The fourth-order valence-corrected chi connectivity index (χ4v) is 3.70. The van der Waals surface area contributed by atoms with Crippen LogP contribution in [0, 0.1) is 5.92 Å². The second kappa shape index (κ2) is 8.50. The van der Waals surface area contributed by atoms with Crippen LogP contribution >= 0.6 is 0 Å². The molecule has 2 aromatic heterocycles. The highest BCUT2D eigenvalue weighted by Gasteiger charge is 2.39. The number of carbonyl (C=O) groups is 1. The van der Waals surface area contributed by atoms with Gasteiger partial charge in [0.15, 0.2) is 0 Å². The summed E-state index contributed by atoms with van der Waals surface area (Å²) in [6.07, 6.45) is 0.878. The molecule has 2 heterocycles. The zero-order valence-electron chi connectivity index (χ0n) is 16.4. The number of para-hydroxylation sites is 1. The number of alkyl halides is 3. The number of aliphatic hydroxyl groups excluding tert-OH is 1. The van der Waals surface area contributed by atoms with Crippen LogP contribution in [0.2, 0.25) is 0 Å². The molecular weight excluding hydrogens is 411 g/mol. The molecule has 4 rings (SSSR count). The average molecular weight is 431 g/mol. The van der Waals surface area contributed by atoms with E-state index in [1.54, 1.807) is 24.3 Å². The predicted molar refractivity (Wildman–Crippen MR) is 107 cm³/mol. The van der Waals surface area contributed by atoms with E-state index in [0.29, 0.717) is 22.9 Å². The van der Waals surface area contributed by atoms with Crippen LogP contribution in [-0.2, 0) is 0 Å². The molecule has 0 spiro atoms. The SMILES string of the molecule is O=C(NC[C@H](O)c1ncco1)c1cnc2c(C3=CC[C@@H](C(F)(F)F)CC3)cccc2c1. The van der Waals surface area contributed by atoms with E-state index >= 15 is 0 Å². The summed E-state index contributed by atoms with van der Waals surface area (Å²) in [4.78, 5) is 20.7. The smallest absolute Gasteiger partial charge is 0.392 e. The molecule has 0 unspecified atom stereocenters. The topological polar surface area (TPSA) is 88.2 Å². The number of nitrogens with zero attached hydrogens (tertiary/aromatic N) is 2. The molecule has 31 heavy (non-hydrogen) atoms. The molecule has 9 heteroatoms. The number of rotatable bonds is 5. The number of oxazole rings is 1. The van der Waals surface area contributed by atoms with E-state index < -0.39 is 24.1 Å². The first-order valence-corrected chi connectivity index (χ1v) is 9.83. The summed E-state index contributed by atoms with van der Waals surface area (Å²) >= 11 is 0. The maximum absolute atomic E-state index is 12.9. The molecule has 2 N–H and O–H groups in total. The number of nitrogens with one attached hydrogen (secondary N) is 1. The number of pyridine rings is 1. The molecule has 6 nitrogen and oxygen atoms in total. The third-order valence-corrected chi connectivity index (χ3v) is 5.39. The van der Waals surface area contributed by atoms with Crippen molar-refractivity contribution in [2.75, 3.05) is 6.54 Å². The highest BCUT2D eigenvalue weighted by atomic mass is 19.4. The van der Waals surface area contributed by atoms with Gasteiger partial charge in [0, 0.05) is 17.1 Å². The molecule has 0 aliphatic heterocycles. The Labute approximate surface area is 175 Å². The number of aliphatic hydroxyl groups is 1. The Hall–Kier alpha value is -3.20. The van der Waals surface area contributed by atoms with E-state index in [1.807, 2.05) is 6.07 Å². The summed E-state index contributed by atoms with van der Waals surface area (Å²) in [5.74, 6) is -1.62. The van der Waals surface area contributed by atoms with Crippen molar-refractivity contribution in [3.05, 3.63) is 66.0 Å². The highest BCUT2D eigenvalue weighted by molar-refractivity contribution is 5.99. The van der Waals surface area contributed by atoms with Gasteiger partial charge < -0.3 is 14.8 Å². The van der Waals surface area contributed by atoms with Crippen molar-refractivity contribution in [2.45, 2.75) is 31.5 Å². The third kappa shape index (κ3) is 4.61. The van der Waals surface area contributed by atoms with E-state index in [9.17, 15) is 23.1 Å². The van der Waals surface area contributed by atoms with Gasteiger partial charge in [0.05, 0.1) is 29.7 Å². The molecule has 1 amide bonds. The number of halogens is 3. The molecular formula is C22H20F3N3O3. The van der Waals surface area contributed by atoms with Gasteiger partial charge in [0.2, 0.25) is 5.89 Å². The van der Waals surface area contributed by atoms with Crippen LogP contribution in [0.4, 0.5) is 13.2 Å². The monoisotopic (exact) mass is 431 g/mol. The van der Waals surface area contributed by atoms with Crippen molar-refractivity contribution in [1.29, 1.82) is 0 Å². The number of fused-ring (bicyclic) bond motifs is 1. The van der Waals surface area contributed by atoms with Gasteiger partial charge in [-0.1, -0.05) is 24.3 Å². The Balaban J connectivity index is 1.50. The van der Waals surface area contributed by atoms with Crippen LogP contribution in [0.1, 0.15) is 47.2 Å². The lowest BCUT2D eigenvalue weighted by molar-refractivity contribution is -0.175.